The minimum absolute atomic E-state index is 0.228. The Morgan fingerprint density at radius 2 is 1.67 bits per heavy atom. The van der Waals surface area contributed by atoms with Gasteiger partial charge in [-0.05, 0) is 34.9 Å². The Bertz CT molecular complexity index is 345. The summed E-state index contributed by atoms with van der Waals surface area (Å²) < 4.78 is 0. The summed E-state index contributed by atoms with van der Waals surface area (Å²) in [7, 11) is 0. The van der Waals surface area contributed by atoms with E-state index in [1.807, 2.05) is 0 Å². The number of hydrogen-bond acceptors (Lipinski definition) is 1. The van der Waals surface area contributed by atoms with E-state index in [1.54, 1.807) is 0 Å². The number of hydrogen-bond donors (Lipinski definition) is 1. The van der Waals surface area contributed by atoms with Crippen LogP contribution in [-0.2, 0) is 5.41 Å². The zero-order chi connectivity index (χ0) is 13.8. The lowest BCUT2D eigenvalue weighted by atomic mass is 9.82. The van der Waals surface area contributed by atoms with Crippen LogP contribution in [0.15, 0.2) is 24.3 Å². The van der Waals surface area contributed by atoms with E-state index < -0.39 is 0 Å². The summed E-state index contributed by atoms with van der Waals surface area (Å²) >= 11 is 0. The molecule has 1 rings (SSSR count). The highest BCUT2D eigenvalue weighted by atomic mass is 14.6. The molecule has 0 radical (unpaired) electrons. The van der Waals surface area contributed by atoms with Crippen LogP contribution in [0.3, 0.4) is 0 Å². The summed E-state index contributed by atoms with van der Waals surface area (Å²) in [6, 6.07) is 9.06. The molecule has 1 aromatic rings. The van der Waals surface area contributed by atoms with E-state index in [1.165, 1.54) is 24.0 Å². The standard InChI is InChI=1S/C17H29N/c1-6-7-13(2)16(12-18)14-8-10-15(11-9-14)17(3,4)5/h8-11,13,16H,6-7,12,18H2,1-5H3. The van der Waals surface area contributed by atoms with Gasteiger partial charge in [-0.1, -0.05) is 71.7 Å². The lowest BCUT2D eigenvalue weighted by Crippen LogP contribution is -2.20. The van der Waals surface area contributed by atoms with Gasteiger partial charge in [0.1, 0.15) is 0 Å². The van der Waals surface area contributed by atoms with Crippen molar-refractivity contribution in [3.63, 3.8) is 0 Å². The van der Waals surface area contributed by atoms with Crippen LogP contribution in [-0.4, -0.2) is 6.54 Å². The van der Waals surface area contributed by atoms with Crippen LogP contribution in [0.4, 0.5) is 0 Å². The first-order valence-corrected chi connectivity index (χ1v) is 7.20. The van der Waals surface area contributed by atoms with Gasteiger partial charge in [0.2, 0.25) is 0 Å². The van der Waals surface area contributed by atoms with Crippen molar-refractivity contribution in [3.8, 4) is 0 Å². The van der Waals surface area contributed by atoms with E-state index in [0.717, 1.165) is 6.54 Å². The molecule has 0 aliphatic rings. The van der Waals surface area contributed by atoms with Gasteiger partial charge >= 0.3 is 0 Å². The molecule has 0 fully saturated rings. The third kappa shape index (κ3) is 3.84. The fourth-order valence-corrected chi connectivity index (χ4v) is 2.58. The molecule has 0 heterocycles. The molecule has 0 aliphatic heterocycles. The van der Waals surface area contributed by atoms with Crippen molar-refractivity contribution in [3.05, 3.63) is 35.4 Å². The van der Waals surface area contributed by atoms with E-state index in [-0.39, 0.29) is 5.41 Å². The van der Waals surface area contributed by atoms with Gasteiger partial charge in [-0.25, -0.2) is 0 Å². The van der Waals surface area contributed by atoms with Crippen LogP contribution in [0, 0.1) is 5.92 Å². The van der Waals surface area contributed by atoms with E-state index in [0.29, 0.717) is 11.8 Å². The SMILES string of the molecule is CCCC(C)C(CN)c1ccc(C(C)(C)C)cc1. The molecular weight excluding hydrogens is 218 g/mol. The number of nitrogens with two attached hydrogens (primary N) is 1. The summed E-state index contributed by atoms with van der Waals surface area (Å²) in [5.41, 5.74) is 8.98. The Kier molecular flexibility index (Phi) is 5.40. The first-order valence-electron chi connectivity index (χ1n) is 7.20. The van der Waals surface area contributed by atoms with Gasteiger partial charge < -0.3 is 5.73 Å². The van der Waals surface area contributed by atoms with Crippen molar-refractivity contribution in [1.82, 2.24) is 0 Å². The minimum atomic E-state index is 0.228. The van der Waals surface area contributed by atoms with E-state index in [2.05, 4.69) is 58.9 Å². The highest BCUT2D eigenvalue weighted by molar-refractivity contribution is 5.30. The molecule has 0 saturated heterocycles. The zero-order valence-corrected chi connectivity index (χ0v) is 12.7. The molecule has 1 heteroatoms. The second-order valence-electron chi connectivity index (χ2n) is 6.48. The largest absolute Gasteiger partial charge is 0.330 e. The normalized spacial score (nSPS) is 15.4. The maximum absolute atomic E-state index is 5.96. The van der Waals surface area contributed by atoms with Gasteiger partial charge in [-0.15, -0.1) is 0 Å². The predicted octanol–water partition coefficient (Wildman–Crippen LogP) is 4.46. The van der Waals surface area contributed by atoms with Crippen molar-refractivity contribution < 1.29 is 0 Å². The fraction of sp³-hybridized carbons (Fsp3) is 0.647. The van der Waals surface area contributed by atoms with Crippen LogP contribution < -0.4 is 5.73 Å². The summed E-state index contributed by atoms with van der Waals surface area (Å²) in [5.74, 6) is 1.17. The quantitative estimate of drug-likeness (QED) is 0.816. The summed E-state index contributed by atoms with van der Waals surface area (Å²) in [6.45, 7) is 12.1. The number of benzene rings is 1. The monoisotopic (exact) mass is 247 g/mol. The second kappa shape index (κ2) is 6.38. The van der Waals surface area contributed by atoms with Crippen LogP contribution in [0.1, 0.15) is 64.5 Å². The first-order chi connectivity index (χ1) is 8.40. The Morgan fingerprint density at radius 1 is 1.11 bits per heavy atom. The molecule has 2 atom stereocenters. The molecule has 0 aliphatic carbocycles. The molecule has 0 saturated carbocycles. The van der Waals surface area contributed by atoms with Crippen LogP contribution in [0.25, 0.3) is 0 Å². The van der Waals surface area contributed by atoms with Gasteiger partial charge in [0, 0.05) is 0 Å². The van der Waals surface area contributed by atoms with Gasteiger partial charge in [0.05, 0.1) is 0 Å². The molecule has 2 N–H and O–H groups in total. The Hall–Kier alpha value is -0.820. The molecule has 0 bridgehead atoms. The summed E-state index contributed by atoms with van der Waals surface area (Å²) in [5, 5.41) is 0. The molecule has 0 aromatic heterocycles. The number of rotatable bonds is 5. The fourth-order valence-electron chi connectivity index (χ4n) is 2.58. The topological polar surface area (TPSA) is 26.0 Å². The molecule has 1 nitrogen and oxygen atoms in total. The van der Waals surface area contributed by atoms with E-state index in [9.17, 15) is 0 Å². The van der Waals surface area contributed by atoms with Crippen molar-refractivity contribution in [1.29, 1.82) is 0 Å². The molecule has 0 spiro atoms. The lowest BCUT2D eigenvalue weighted by molar-refractivity contribution is 0.429. The zero-order valence-electron chi connectivity index (χ0n) is 12.7. The van der Waals surface area contributed by atoms with E-state index >= 15 is 0 Å². The molecule has 2 unspecified atom stereocenters. The average Bonchev–Trinajstić information content (AvgIpc) is 2.30. The van der Waals surface area contributed by atoms with Crippen molar-refractivity contribution in [2.75, 3.05) is 6.54 Å². The summed E-state index contributed by atoms with van der Waals surface area (Å²) in [4.78, 5) is 0. The van der Waals surface area contributed by atoms with Crippen molar-refractivity contribution in [2.45, 2.75) is 58.8 Å². The molecular formula is C17H29N. The Balaban J connectivity index is 2.88. The van der Waals surface area contributed by atoms with Gasteiger partial charge in [-0.3, -0.25) is 0 Å². The van der Waals surface area contributed by atoms with Gasteiger partial charge in [-0.2, -0.15) is 0 Å². The van der Waals surface area contributed by atoms with Crippen LogP contribution in [0.2, 0.25) is 0 Å². The Labute approximate surface area is 113 Å². The molecule has 18 heavy (non-hydrogen) atoms. The molecule has 102 valence electrons. The molecule has 1 aromatic carbocycles. The third-order valence-electron chi connectivity index (χ3n) is 3.89. The van der Waals surface area contributed by atoms with Crippen molar-refractivity contribution >= 4 is 0 Å². The molecule has 0 amide bonds. The van der Waals surface area contributed by atoms with Gasteiger partial charge in [0.25, 0.3) is 0 Å². The average molecular weight is 247 g/mol. The lowest BCUT2D eigenvalue weighted by Gasteiger charge is -2.24. The first kappa shape index (κ1) is 15.2. The highest BCUT2D eigenvalue weighted by Gasteiger charge is 2.18. The Morgan fingerprint density at radius 3 is 2.06 bits per heavy atom. The highest BCUT2D eigenvalue weighted by Crippen LogP contribution is 2.29. The predicted molar refractivity (Wildman–Crippen MR) is 81.0 cm³/mol. The van der Waals surface area contributed by atoms with Crippen molar-refractivity contribution in [2.24, 2.45) is 11.7 Å². The second-order valence-corrected chi connectivity index (χ2v) is 6.48. The van der Waals surface area contributed by atoms with E-state index in [4.69, 9.17) is 5.73 Å². The summed E-state index contributed by atoms with van der Waals surface area (Å²) in [6.07, 6.45) is 2.49. The van der Waals surface area contributed by atoms with Gasteiger partial charge in [0.15, 0.2) is 0 Å². The van der Waals surface area contributed by atoms with Crippen LogP contribution in [0.5, 0.6) is 0 Å². The maximum atomic E-state index is 5.96. The minimum Gasteiger partial charge on any atom is -0.330 e. The third-order valence-corrected chi connectivity index (χ3v) is 3.89. The maximum Gasteiger partial charge on any atom is -0.000567 e. The van der Waals surface area contributed by atoms with Crippen LogP contribution >= 0.6 is 0 Å². The smallest absolute Gasteiger partial charge is 0.000567 e.